The highest BCUT2D eigenvalue weighted by atomic mass is 32.2. The highest BCUT2D eigenvalue weighted by Gasteiger charge is 2.32. The van der Waals surface area contributed by atoms with Crippen LogP contribution in [0.1, 0.15) is 36.9 Å². The molecule has 1 aliphatic rings. The zero-order chi connectivity index (χ0) is 20.3. The van der Waals surface area contributed by atoms with Crippen molar-refractivity contribution in [2.24, 2.45) is 5.92 Å². The van der Waals surface area contributed by atoms with Gasteiger partial charge in [-0.1, -0.05) is 29.8 Å². The lowest BCUT2D eigenvalue weighted by Crippen LogP contribution is -2.43. The van der Waals surface area contributed by atoms with Crippen LogP contribution in [0, 0.1) is 18.7 Å². The second-order valence-electron chi connectivity index (χ2n) is 7.27. The normalized spacial score (nSPS) is 17.2. The molecule has 0 radical (unpaired) electrons. The zero-order valence-electron chi connectivity index (χ0n) is 16.1. The minimum atomic E-state index is -3.53. The molecule has 1 atom stereocenters. The fourth-order valence-corrected chi connectivity index (χ4v) is 4.85. The Kier molecular flexibility index (Phi) is 6.15. The van der Waals surface area contributed by atoms with Crippen LogP contribution in [0.2, 0.25) is 0 Å². The summed E-state index contributed by atoms with van der Waals surface area (Å²) in [6, 6.07) is 12.6. The Bertz CT molecular complexity index is 919. The van der Waals surface area contributed by atoms with Gasteiger partial charge in [0.25, 0.3) is 0 Å². The smallest absolute Gasteiger partial charge is 0.243 e. The first kappa shape index (κ1) is 20.5. The molecule has 150 valence electrons. The summed E-state index contributed by atoms with van der Waals surface area (Å²) in [6.07, 6.45) is 0.958. The van der Waals surface area contributed by atoms with E-state index in [2.05, 4.69) is 5.32 Å². The van der Waals surface area contributed by atoms with Crippen LogP contribution in [0.25, 0.3) is 0 Å². The molecule has 2 aromatic rings. The van der Waals surface area contributed by atoms with Gasteiger partial charge in [-0.05, 0) is 56.5 Å². The van der Waals surface area contributed by atoms with Gasteiger partial charge in [0.05, 0.1) is 10.9 Å². The number of nitrogens with zero attached hydrogens (tertiary/aromatic N) is 1. The SMILES string of the molecule is Cc1ccc(S(=O)(=O)N2CCC(C(=O)N[C@@H](C)c3ccc(F)cc3)CC2)cc1. The first-order valence-electron chi connectivity index (χ1n) is 9.40. The Labute approximate surface area is 165 Å². The minimum Gasteiger partial charge on any atom is -0.349 e. The van der Waals surface area contributed by atoms with Gasteiger partial charge in [0, 0.05) is 19.0 Å². The topological polar surface area (TPSA) is 66.5 Å². The van der Waals surface area contributed by atoms with E-state index in [0.717, 1.165) is 11.1 Å². The predicted octanol–water partition coefficient (Wildman–Crippen LogP) is 3.41. The molecule has 3 rings (SSSR count). The van der Waals surface area contributed by atoms with Crippen LogP contribution in [0.4, 0.5) is 4.39 Å². The van der Waals surface area contributed by atoms with Crippen molar-refractivity contribution in [2.75, 3.05) is 13.1 Å². The maximum Gasteiger partial charge on any atom is 0.243 e. The molecule has 0 aliphatic carbocycles. The number of hydrogen-bond acceptors (Lipinski definition) is 3. The monoisotopic (exact) mass is 404 g/mol. The number of carbonyl (C=O) groups excluding carboxylic acids is 1. The Morgan fingerprint density at radius 2 is 1.64 bits per heavy atom. The summed E-state index contributed by atoms with van der Waals surface area (Å²) in [6.45, 7) is 4.40. The van der Waals surface area contributed by atoms with Crippen molar-refractivity contribution in [1.29, 1.82) is 0 Å². The predicted molar refractivity (Wildman–Crippen MR) is 106 cm³/mol. The molecule has 0 bridgehead atoms. The largest absolute Gasteiger partial charge is 0.349 e. The van der Waals surface area contributed by atoms with Gasteiger partial charge < -0.3 is 5.32 Å². The third kappa shape index (κ3) is 4.59. The highest BCUT2D eigenvalue weighted by molar-refractivity contribution is 7.89. The standard InChI is InChI=1S/C21H25FN2O3S/c1-15-3-9-20(10-4-15)28(26,27)24-13-11-18(12-14-24)21(25)23-16(2)17-5-7-19(22)8-6-17/h3-10,16,18H,11-14H2,1-2H3,(H,23,25)/t16-/m0/s1. The zero-order valence-corrected chi connectivity index (χ0v) is 16.9. The van der Waals surface area contributed by atoms with Crippen LogP contribution in [0.15, 0.2) is 53.4 Å². The number of rotatable bonds is 5. The van der Waals surface area contributed by atoms with Gasteiger partial charge in [-0.25, -0.2) is 12.8 Å². The number of benzene rings is 2. The summed E-state index contributed by atoms with van der Waals surface area (Å²) in [5.74, 6) is -0.638. The van der Waals surface area contributed by atoms with Crippen molar-refractivity contribution in [3.63, 3.8) is 0 Å². The first-order chi connectivity index (χ1) is 13.3. The van der Waals surface area contributed by atoms with E-state index in [9.17, 15) is 17.6 Å². The van der Waals surface area contributed by atoms with Gasteiger partial charge >= 0.3 is 0 Å². The molecule has 28 heavy (non-hydrogen) atoms. The number of sulfonamides is 1. The van der Waals surface area contributed by atoms with E-state index in [1.54, 1.807) is 36.4 Å². The van der Waals surface area contributed by atoms with Crippen LogP contribution in [-0.2, 0) is 14.8 Å². The number of carbonyl (C=O) groups is 1. The summed E-state index contributed by atoms with van der Waals surface area (Å²) in [5.41, 5.74) is 1.83. The number of nitrogens with one attached hydrogen (secondary N) is 1. The van der Waals surface area contributed by atoms with Gasteiger partial charge in [-0.15, -0.1) is 0 Å². The van der Waals surface area contributed by atoms with Gasteiger partial charge in [0.1, 0.15) is 5.82 Å². The molecule has 0 spiro atoms. The van der Waals surface area contributed by atoms with Crippen LogP contribution in [-0.4, -0.2) is 31.7 Å². The van der Waals surface area contributed by atoms with Gasteiger partial charge in [-0.3, -0.25) is 4.79 Å². The van der Waals surface area contributed by atoms with Gasteiger partial charge in [-0.2, -0.15) is 4.31 Å². The average Bonchev–Trinajstić information content (AvgIpc) is 2.69. The van der Waals surface area contributed by atoms with E-state index in [1.165, 1.54) is 16.4 Å². The molecule has 7 heteroatoms. The third-order valence-electron chi connectivity index (χ3n) is 5.21. The van der Waals surface area contributed by atoms with Crippen molar-refractivity contribution in [1.82, 2.24) is 9.62 Å². The fraction of sp³-hybridized carbons (Fsp3) is 0.381. The van der Waals surface area contributed by atoms with Crippen molar-refractivity contribution in [2.45, 2.75) is 37.6 Å². The molecule has 1 fully saturated rings. The lowest BCUT2D eigenvalue weighted by atomic mass is 9.96. The van der Waals surface area contributed by atoms with Crippen molar-refractivity contribution >= 4 is 15.9 Å². The second kappa shape index (κ2) is 8.41. The Morgan fingerprint density at radius 3 is 2.21 bits per heavy atom. The highest BCUT2D eigenvalue weighted by Crippen LogP contribution is 2.25. The average molecular weight is 405 g/mol. The van der Waals surface area contributed by atoms with Crippen molar-refractivity contribution in [3.05, 3.63) is 65.5 Å². The van der Waals surface area contributed by atoms with Crippen LogP contribution < -0.4 is 5.32 Å². The maximum absolute atomic E-state index is 13.0. The van der Waals surface area contributed by atoms with Crippen molar-refractivity contribution < 1.29 is 17.6 Å². The summed E-state index contributed by atoms with van der Waals surface area (Å²) >= 11 is 0. The molecule has 0 aromatic heterocycles. The van der Waals surface area contributed by atoms with E-state index in [0.29, 0.717) is 25.9 Å². The lowest BCUT2D eigenvalue weighted by molar-refractivity contribution is -0.126. The molecular formula is C21H25FN2O3S. The summed E-state index contributed by atoms with van der Waals surface area (Å²) in [7, 11) is -3.53. The fourth-order valence-electron chi connectivity index (χ4n) is 3.38. The molecule has 1 saturated heterocycles. The molecule has 1 aliphatic heterocycles. The third-order valence-corrected chi connectivity index (χ3v) is 7.13. The van der Waals surface area contributed by atoms with E-state index in [-0.39, 0.29) is 28.6 Å². The number of amides is 1. The second-order valence-corrected chi connectivity index (χ2v) is 9.21. The van der Waals surface area contributed by atoms with E-state index in [1.807, 2.05) is 13.8 Å². The maximum atomic E-state index is 13.0. The van der Waals surface area contributed by atoms with E-state index < -0.39 is 10.0 Å². The summed E-state index contributed by atoms with van der Waals surface area (Å²) < 4.78 is 40.0. The van der Waals surface area contributed by atoms with Crippen LogP contribution >= 0.6 is 0 Å². The van der Waals surface area contributed by atoms with Crippen molar-refractivity contribution in [3.8, 4) is 0 Å². The number of hydrogen-bond donors (Lipinski definition) is 1. The number of aryl methyl sites for hydroxylation is 1. The molecular weight excluding hydrogens is 379 g/mol. The van der Waals surface area contributed by atoms with Gasteiger partial charge in [0.15, 0.2) is 0 Å². The van der Waals surface area contributed by atoms with Crippen LogP contribution in [0.3, 0.4) is 0 Å². The van der Waals surface area contributed by atoms with E-state index >= 15 is 0 Å². The molecule has 2 aromatic carbocycles. The minimum absolute atomic E-state index is 0.0933. The molecule has 1 heterocycles. The molecule has 1 N–H and O–H groups in total. The number of piperidine rings is 1. The Hall–Kier alpha value is -2.25. The lowest BCUT2D eigenvalue weighted by Gasteiger charge is -2.31. The molecule has 0 saturated carbocycles. The molecule has 1 amide bonds. The quantitative estimate of drug-likeness (QED) is 0.830. The van der Waals surface area contributed by atoms with Crippen LogP contribution in [0.5, 0.6) is 0 Å². The number of halogens is 1. The van der Waals surface area contributed by atoms with E-state index in [4.69, 9.17) is 0 Å². The Morgan fingerprint density at radius 1 is 1.07 bits per heavy atom. The molecule has 0 unspecified atom stereocenters. The summed E-state index contributed by atoms with van der Waals surface area (Å²) in [5, 5.41) is 2.95. The Balaban J connectivity index is 1.57. The summed E-state index contributed by atoms with van der Waals surface area (Å²) in [4.78, 5) is 12.8. The van der Waals surface area contributed by atoms with Gasteiger partial charge in [0.2, 0.25) is 15.9 Å². The first-order valence-corrected chi connectivity index (χ1v) is 10.8. The molecule has 5 nitrogen and oxygen atoms in total.